The lowest BCUT2D eigenvalue weighted by molar-refractivity contribution is -0.140. The third-order valence-electron chi connectivity index (χ3n) is 8.66. The van der Waals surface area contributed by atoms with E-state index in [1.54, 1.807) is 20.8 Å². The minimum atomic E-state index is -1.18. The van der Waals surface area contributed by atoms with Crippen molar-refractivity contribution in [1.82, 2.24) is 15.2 Å². The van der Waals surface area contributed by atoms with E-state index >= 15 is 0 Å². The number of carboxylic acids is 1. The number of carbonyl (C=O) groups excluding carboxylic acids is 2. The number of hydrogen-bond donors (Lipinski definition) is 3. The molecule has 252 valence electrons. The largest absolute Gasteiger partial charge is 0.480 e. The van der Waals surface area contributed by atoms with Gasteiger partial charge in [0.25, 0.3) is 0 Å². The highest BCUT2D eigenvalue weighted by atomic mass is 16.6. The van der Waals surface area contributed by atoms with Crippen LogP contribution in [0.15, 0.2) is 42.5 Å². The molecule has 2 aromatic rings. The lowest BCUT2D eigenvalue weighted by atomic mass is 9.79. The van der Waals surface area contributed by atoms with Crippen LogP contribution in [0.1, 0.15) is 69.7 Å². The summed E-state index contributed by atoms with van der Waals surface area (Å²) in [5.74, 6) is 6.18. The van der Waals surface area contributed by atoms with Crippen LogP contribution < -0.4 is 10.6 Å². The zero-order valence-electron chi connectivity index (χ0n) is 27.5. The van der Waals surface area contributed by atoms with Crippen molar-refractivity contribution in [2.45, 2.75) is 89.6 Å². The molecular formula is C36H46N4O7. The fourth-order valence-corrected chi connectivity index (χ4v) is 5.91. The summed E-state index contributed by atoms with van der Waals surface area (Å²) in [5, 5.41) is 15.6. The number of nitrogens with zero attached hydrogens (tertiary/aromatic N) is 2. The zero-order chi connectivity index (χ0) is 33.4. The van der Waals surface area contributed by atoms with E-state index in [9.17, 15) is 19.5 Å². The van der Waals surface area contributed by atoms with Crippen molar-refractivity contribution < 1.29 is 33.7 Å². The van der Waals surface area contributed by atoms with Gasteiger partial charge in [0.1, 0.15) is 17.5 Å². The number of ether oxygens (including phenoxy) is 3. The third kappa shape index (κ3) is 10.1. The summed E-state index contributed by atoms with van der Waals surface area (Å²) in [6.45, 7) is 7.17. The molecule has 3 aliphatic rings. The standard InChI is InChI=1S/C36H46N4O7/c1-36(2,3)47-35(44)40-22-27(23-40)31(16-12-24-8-5-4-6-9-24)46-34(43)39-30(33(41)42)17-19-45-29-20-25(21-29)11-14-28-15-13-26-10-7-18-37-32(26)38-28/h4-6,8-9,13,15,25,27,29-31H,7,10-11,14,17-23H2,1-3H3,(H,37,38)(H,39,43)(H,41,42)/t25-,29-,30-,31?/m0/s1. The summed E-state index contributed by atoms with van der Waals surface area (Å²) in [5.41, 5.74) is 2.52. The number of anilines is 1. The summed E-state index contributed by atoms with van der Waals surface area (Å²) in [4.78, 5) is 43.6. The molecule has 0 radical (unpaired) electrons. The van der Waals surface area contributed by atoms with Gasteiger partial charge in [0.2, 0.25) is 0 Å². The number of amides is 2. The second-order valence-electron chi connectivity index (χ2n) is 13.6. The molecule has 1 saturated carbocycles. The smallest absolute Gasteiger partial charge is 0.410 e. The van der Waals surface area contributed by atoms with Gasteiger partial charge in [0.05, 0.1) is 6.10 Å². The van der Waals surface area contributed by atoms with E-state index in [0.29, 0.717) is 19.0 Å². The first-order valence-electron chi connectivity index (χ1n) is 16.6. The molecule has 1 aromatic carbocycles. The van der Waals surface area contributed by atoms with E-state index in [0.717, 1.165) is 62.1 Å². The minimum absolute atomic E-state index is 0.0868. The molecule has 2 fully saturated rings. The van der Waals surface area contributed by atoms with Crippen molar-refractivity contribution in [2.24, 2.45) is 11.8 Å². The van der Waals surface area contributed by atoms with Gasteiger partial charge in [-0.15, -0.1) is 0 Å². The van der Waals surface area contributed by atoms with Gasteiger partial charge in [-0.25, -0.2) is 19.4 Å². The number of aryl methyl sites for hydroxylation is 2. The van der Waals surface area contributed by atoms with Crippen LogP contribution in [0.25, 0.3) is 0 Å². The Labute approximate surface area is 276 Å². The quantitative estimate of drug-likeness (QED) is 0.287. The second-order valence-corrected chi connectivity index (χ2v) is 13.6. The molecule has 1 unspecified atom stereocenters. The highest BCUT2D eigenvalue weighted by Gasteiger charge is 2.40. The maximum absolute atomic E-state index is 12.9. The molecule has 5 rings (SSSR count). The number of pyridine rings is 1. The summed E-state index contributed by atoms with van der Waals surface area (Å²) < 4.78 is 17.0. The number of aromatic nitrogens is 1. The Morgan fingerprint density at radius 3 is 2.62 bits per heavy atom. The number of carboxylic acid groups (broad SMARTS) is 1. The van der Waals surface area contributed by atoms with E-state index in [-0.39, 0.29) is 25.0 Å². The summed E-state index contributed by atoms with van der Waals surface area (Å²) >= 11 is 0. The Balaban J connectivity index is 1.05. The topological polar surface area (TPSA) is 139 Å². The lowest BCUT2D eigenvalue weighted by Gasteiger charge is -2.41. The fraction of sp³-hybridized carbons (Fsp3) is 0.556. The number of carbonyl (C=O) groups is 3. The molecule has 11 nitrogen and oxygen atoms in total. The van der Waals surface area contributed by atoms with Crippen molar-refractivity contribution in [1.29, 1.82) is 0 Å². The number of rotatable bonds is 11. The average Bonchev–Trinajstić information content (AvgIpc) is 2.98. The highest BCUT2D eigenvalue weighted by Crippen LogP contribution is 2.34. The molecule has 3 heterocycles. The molecule has 0 spiro atoms. The van der Waals surface area contributed by atoms with E-state index < -0.39 is 35.9 Å². The number of alkyl carbamates (subject to hydrolysis) is 1. The van der Waals surface area contributed by atoms with E-state index in [1.165, 1.54) is 10.5 Å². The Morgan fingerprint density at radius 2 is 1.89 bits per heavy atom. The number of hydrogen-bond acceptors (Lipinski definition) is 8. The van der Waals surface area contributed by atoms with Gasteiger partial charge in [-0.3, -0.25) is 0 Å². The zero-order valence-corrected chi connectivity index (χ0v) is 27.5. The summed E-state index contributed by atoms with van der Waals surface area (Å²) in [7, 11) is 0. The van der Waals surface area contributed by atoms with Gasteiger partial charge in [-0.05, 0) is 89.0 Å². The molecule has 1 aromatic heterocycles. The molecule has 3 N–H and O–H groups in total. The number of benzene rings is 1. The molecule has 47 heavy (non-hydrogen) atoms. The first-order chi connectivity index (χ1) is 22.5. The van der Waals surface area contributed by atoms with Gasteiger partial charge in [0.15, 0.2) is 6.10 Å². The van der Waals surface area contributed by atoms with Crippen molar-refractivity contribution in [3.8, 4) is 11.8 Å². The molecular weight excluding hydrogens is 600 g/mol. The molecule has 2 amide bonds. The van der Waals surface area contributed by atoms with Crippen LogP contribution in [0.4, 0.5) is 15.4 Å². The third-order valence-corrected chi connectivity index (χ3v) is 8.66. The predicted molar refractivity (Wildman–Crippen MR) is 176 cm³/mol. The SMILES string of the molecule is CC(C)(C)OC(=O)N1CC(C(C#Cc2ccccc2)OC(=O)N[C@@H](CCO[C@H]2C[C@H](CCc3ccc4c(n3)NCCC4)C2)C(=O)O)C1. The van der Waals surface area contributed by atoms with Crippen LogP contribution in [0.2, 0.25) is 0 Å². The summed E-state index contributed by atoms with van der Waals surface area (Å²) in [6, 6.07) is 12.4. The van der Waals surface area contributed by atoms with Crippen molar-refractivity contribution >= 4 is 24.0 Å². The maximum Gasteiger partial charge on any atom is 0.410 e. The van der Waals surface area contributed by atoms with Gasteiger partial charge in [-0.1, -0.05) is 36.1 Å². The van der Waals surface area contributed by atoms with Crippen molar-refractivity contribution in [3.05, 3.63) is 59.3 Å². The molecule has 1 saturated heterocycles. The second kappa shape index (κ2) is 15.5. The molecule has 0 bridgehead atoms. The highest BCUT2D eigenvalue weighted by molar-refractivity contribution is 5.80. The molecule has 11 heteroatoms. The fourth-order valence-electron chi connectivity index (χ4n) is 5.91. The van der Waals surface area contributed by atoms with Gasteiger partial charge in [-0.2, -0.15) is 0 Å². The van der Waals surface area contributed by atoms with E-state index in [2.05, 4.69) is 34.6 Å². The van der Waals surface area contributed by atoms with Crippen LogP contribution >= 0.6 is 0 Å². The van der Waals surface area contributed by atoms with Gasteiger partial charge >= 0.3 is 18.2 Å². The molecule has 2 atom stereocenters. The normalized spacial score (nSPS) is 20.1. The Bertz CT molecular complexity index is 1450. The number of likely N-dealkylation sites (tertiary alicyclic amines) is 1. The van der Waals surface area contributed by atoms with Crippen LogP contribution in [-0.4, -0.2) is 83.2 Å². The molecule has 2 aliphatic heterocycles. The number of nitrogens with one attached hydrogen (secondary N) is 2. The summed E-state index contributed by atoms with van der Waals surface area (Å²) in [6.07, 6.45) is 4.08. The average molecular weight is 647 g/mol. The van der Waals surface area contributed by atoms with E-state index in [1.807, 2.05) is 30.3 Å². The van der Waals surface area contributed by atoms with Gasteiger partial charge < -0.3 is 34.9 Å². The minimum Gasteiger partial charge on any atom is -0.480 e. The maximum atomic E-state index is 12.9. The Hall–Kier alpha value is -4.30. The first kappa shape index (κ1) is 34.0. The van der Waals surface area contributed by atoms with Crippen LogP contribution in [-0.2, 0) is 31.8 Å². The predicted octanol–water partition coefficient (Wildman–Crippen LogP) is 5.02. The first-order valence-corrected chi connectivity index (χ1v) is 16.6. The van der Waals surface area contributed by atoms with Crippen LogP contribution in [0, 0.1) is 23.7 Å². The van der Waals surface area contributed by atoms with E-state index in [4.69, 9.17) is 19.2 Å². The Morgan fingerprint density at radius 1 is 1.13 bits per heavy atom. The Kier molecular flexibility index (Phi) is 11.2. The monoisotopic (exact) mass is 646 g/mol. The molecule has 1 aliphatic carbocycles. The number of aliphatic carboxylic acids is 1. The van der Waals surface area contributed by atoms with Crippen molar-refractivity contribution in [2.75, 3.05) is 31.6 Å². The lowest BCUT2D eigenvalue weighted by Crippen LogP contribution is -2.56. The van der Waals surface area contributed by atoms with Crippen molar-refractivity contribution in [3.63, 3.8) is 0 Å². The van der Waals surface area contributed by atoms with Crippen LogP contribution in [0.3, 0.4) is 0 Å². The van der Waals surface area contributed by atoms with Gasteiger partial charge in [0, 0.05) is 49.8 Å². The van der Waals surface area contributed by atoms with Crippen LogP contribution in [0.5, 0.6) is 0 Å². The number of fused-ring (bicyclic) bond motifs is 1.